The lowest BCUT2D eigenvalue weighted by atomic mass is 9.91. The van der Waals surface area contributed by atoms with Gasteiger partial charge in [0.2, 0.25) is 5.95 Å². The smallest absolute Gasteiger partial charge is 0.220 e. The fourth-order valence-electron chi connectivity index (χ4n) is 4.13. The minimum Gasteiger partial charge on any atom is -0.379 e. The van der Waals surface area contributed by atoms with Crippen LogP contribution in [0.3, 0.4) is 0 Å². The highest BCUT2D eigenvalue weighted by Crippen LogP contribution is 2.36. The number of benzene rings is 1. The van der Waals surface area contributed by atoms with Crippen LogP contribution in [0.4, 0.5) is 5.95 Å². The van der Waals surface area contributed by atoms with Gasteiger partial charge in [0.25, 0.3) is 0 Å². The lowest BCUT2D eigenvalue weighted by molar-refractivity contribution is 0.0974. The van der Waals surface area contributed by atoms with Crippen LogP contribution >= 0.6 is 0 Å². The standard InChI is InChI=1S/C26H26N6O/c1-16(2)32-15-18(14-29-32)17-11-21-20(9-10-22(21)28-13-17)23-12-24(31-25(27)30-23)26(3,33)19-7-5-4-6-8-19/h4-9,11-16,33H,10H2,1-3H3,(H2,27,30,31). The first-order valence-electron chi connectivity index (χ1n) is 11.0. The van der Waals surface area contributed by atoms with Gasteiger partial charge in [0.15, 0.2) is 0 Å². The van der Waals surface area contributed by atoms with Gasteiger partial charge in [0, 0.05) is 47.1 Å². The molecule has 3 aromatic heterocycles. The van der Waals surface area contributed by atoms with E-state index in [0.717, 1.165) is 33.5 Å². The van der Waals surface area contributed by atoms with Crippen molar-refractivity contribution in [2.45, 2.75) is 38.8 Å². The summed E-state index contributed by atoms with van der Waals surface area (Å²) in [5, 5.41) is 15.7. The molecular weight excluding hydrogens is 412 g/mol. The van der Waals surface area contributed by atoms with Gasteiger partial charge >= 0.3 is 0 Å². The predicted molar refractivity (Wildman–Crippen MR) is 128 cm³/mol. The number of aromatic nitrogens is 5. The Morgan fingerprint density at radius 1 is 1.06 bits per heavy atom. The van der Waals surface area contributed by atoms with Gasteiger partial charge in [0.05, 0.1) is 23.3 Å². The Kier molecular flexibility index (Phi) is 5.06. The van der Waals surface area contributed by atoms with E-state index in [-0.39, 0.29) is 12.0 Å². The zero-order valence-electron chi connectivity index (χ0n) is 18.9. The number of hydrogen-bond acceptors (Lipinski definition) is 6. The van der Waals surface area contributed by atoms with Crippen LogP contribution in [0, 0.1) is 0 Å². The molecule has 1 aliphatic carbocycles. The summed E-state index contributed by atoms with van der Waals surface area (Å²) in [6.45, 7) is 5.91. The van der Waals surface area contributed by atoms with Crippen molar-refractivity contribution in [3.63, 3.8) is 0 Å². The number of nitrogen functional groups attached to an aromatic ring is 1. The van der Waals surface area contributed by atoms with Crippen LogP contribution in [0.5, 0.6) is 0 Å². The fourth-order valence-corrected chi connectivity index (χ4v) is 4.13. The number of hydrogen-bond donors (Lipinski definition) is 2. The highest BCUT2D eigenvalue weighted by Gasteiger charge is 2.29. The third-order valence-corrected chi connectivity index (χ3v) is 6.08. The molecule has 0 radical (unpaired) electrons. The van der Waals surface area contributed by atoms with Gasteiger partial charge in [-0.05, 0) is 38.5 Å². The predicted octanol–water partition coefficient (Wildman–Crippen LogP) is 4.14. The molecule has 7 heteroatoms. The van der Waals surface area contributed by atoms with Gasteiger partial charge in [-0.1, -0.05) is 36.4 Å². The molecule has 1 atom stereocenters. The molecule has 3 heterocycles. The summed E-state index contributed by atoms with van der Waals surface area (Å²) >= 11 is 0. The average molecular weight is 439 g/mol. The minimum atomic E-state index is -1.30. The van der Waals surface area contributed by atoms with E-state index < -0.39 is 5.60 Å². The van der Waals surface area contributed by atoms with Crippen molar-refractivity contribution in [3.8, 4) is 11.1 Å². The van der Waals surface area contributed by atoms with Crippen molar-refractivity contribution in [2.75, 3.05) is 5.73 Å². The molecule has 0 bridgehead atoms. The highest BCUT2D eigenvalue weighted by atomic mass is 16.3. The van der Waals surface area contributed by atoms with Crippen molar-refractivity contribution < 1.29 is 5.11 Å². The second-order valence-corrected chi connectivity index (χ2v) is 8.78. The molecule has 0 saturated heterocycles. The molecule has 33 heavy (non-hydrogen) atoms. The van der Waals surface area contributed by atoms with Crippen LogP contribution in [0.25, 0.3) is 16.7 Å². The van der Waals surface area contributed by atoms with E-state index in [1.807, 2.05) is 59.7 Å². The lowest BCUT2D eigenvalue weighted by Crippen LogP contribution is -2.25. The second-order valence-electron chi connectivity index (χ2n) is 8.78. The van der Waals surface area contributed by atoms with Crippen LogP contribution in [0.1, 0.15) is 55.0 Å². The van der Waals surface area contributed by atoms with Crippen molar-refractivity contribution in [3.05, 3.63) is 95.3 Å². The Morgan fingerprint density at radius 3 is 2.58 bits per heavy atom. The maximum atomic E-state index is 11.3. The maximum absolute atomic E-state index is 11.3. The number of nitrogens with zero attached hydrogens (tertiary/aromatic N) is 5. The van der Waals surface area contributed by atoms with Gasteiger partial charge in [-0.15, -0.1) is 0 Å². The van der Waals surface area contributed by atoms with Gasteiger partial charge < -0.3 is 10.8 Å². The summed E-state index contributed by atoms with van der Waals surface area (Å²) in [4.78, 5) is 13.5. The van der Waals surface area contributed by atoms with Crippen LogP contribution in [0.2, 0.25) is 0 Å². The summed E-state index contributed by atoms with van der Waals surface area (Å²) < 4.78 is 1.93. The maximum Gasteiger partial charge on any atom is 0.220 e. The Bertz CT molecular complexity index is 1350. The number of rotatable bonds is 5. The molecule has 5 rings (SSSR count). The quantitative estimate of drug-likeness (QED) is 0.485. The molecule has 166 valence electrons. The van der Waals surface area contributed by atoms with Crippen LogP contribution < -0.4 is 5.73 Å². The monoisotopic (exact) mass is 438 g/mol. The molecule has 0 amide bonds. The van der Waals surface area contributed by atoms with Crippen LogP contribution in [-0.2, 0) is 12.0 Å². The van der Waals surface area contributed by atoms with Crippen molar-refractivity contribution in [1.82, 2.24) is 24.7 Å². The van der Waals surface area contributed by atoms with Crippen molar-refractivity contribution in [1.29, 1.82) is 0 Å². The van der Waals surface area contributed by atoms with Crippen LogP contribution in [0.15, 0.2) is 67.1 Å². The largest absolute Gasteiger partial charge is 0.379 e. The number of fused-ring (bicyclic) bond motifs is 1. The summed E-state index contributed by atoms with van der Waals surface area (Å²) in [6.07, 6.45) is 8.59. The van der Waals surface area contributed by atoms with Crippen LogP contribution in [-0.4, -0.2) is 29.8 Å². The highest BCUT2D eigenvalue weighted by molar-refractivity contribution is 5.84. The van der Waals surface area contributed by atoms with E-state index in [0.29, 0.717) is 17.8 Å². The van der Waals surface area contributed by atoms with Crippen molar-refractivity contribution >= 4 is 11.5 Å². The Balaban J connectivity index is 1.55. The third kappa shape index (κ3) is 3.81. The molecule has 0 aliphatic heterocycles. The van der Waals surface area contributed by atoms with E-state index in [4.69, 9.17) is 10.7 Å². The summed E-state index contributed by atoms with van der Waals surface area (Å²) in [5.74, 6) is 0.121. The Morgan fingerprint density at radius 2 is 1.85 bits per heavy atom. The molecule has 4 aromatic rings. The zero-order valence-corrected chi connectivity index (χ0v) is 18.9. The normalized spacial score (nSPS) is 14.8. The summed E-state index contributed by atoms with van der Waals surface area (Å²) in [6, 6.07) is 13.7. The first kappa shape index (κ1) is 21.0. The molecule has 1 unspecified atom stereocenters. The molecule has 3 N–H and O–H groups in total. The summed E-state index contributed by atoms with van der Waals surface area (Å²) in [7, 11) is 0. The van der Waals surface area contributed by atoms with E-state index >= 15 is 0 Å². The Labute approximate surface area is 192 Å². The van der Waals surface area contributed by atoms with Gasteiger partial charge in [-0.25, -0.2) is 9.97 Å². The van der Waals surface area contributed by atoms with Gasteiger partial charge in [0.1, 0.15) is 5.60 Å². The summed E-state index contributed by atoms with van der Waals surface area (Å²) in [5.41, 5.74) is 11.6. The molecule has 1 aromatic carbocycles. The SMILES string of the molecule is CC(C)n1cc(-c2cnc3c(c2)C(c2cc(C(C)(O)c4ccccc4)nc(N)n2)=CC3)cn1. The second kappa shape index (κ2) is 7.94. The lowest BCUT2D eigenvalue weighted by Gasteiger charge is -2.24. The minimum absolute atomic E-state index is 0.121. The number of anilines is 1. The molecule has 7 nitrogen and oxygen atoms in total. The van der Waals surface area contributed by atoms with E-state index in [2.05, 4.69) is 41.1 Å². The molecule has 0 spiro atoms. The molecule has 0 saturated carbocycles. The van der Waals surface area contributed by atoms with E-state index in [1.54, 1.807) is 6.92 Å². The average Bonchev–Trinajstić information content (AvgIpc) is 3.46. The first-order valence-corrected chi connectivity index (χ1v) is 11.0. The number of allylic oxidation sites excluding steroid dienone is 1. The molecule has 0 fully saturated rings. The third-order valence-electron chi connectivity index (χ3n) is 6.08. The number of aliphatic hydroxyl groups is 1. The molecule has 1 aliphatic rings. The Hall–Kier alpha value is -3.84. The van der Waals surface area contributed by atoms with E-state index in [1.165, 1.54) is 0 Å². The molecular formula is C26H26N6O. The topological polar surface area (TPSA) is 103 Å². The first-order chi connectivity index (χ1) is 15.8. The van der Waals surface area contributed by atoms with Gasteiger partial charge in [-0.3, -0.25) is 9.67 Å². The van der Waals surface area contributed by atoms with E-state index in [9.17, 15) is 5.11 Å². The zero-order chi connectivity index (χ0) is 23.2. The van der Waals surface area contributed by atoms with Gasteiger partial charge in [-0.2, -0.15) is 5.10 Å². The number of nitrogens with two attached hydrogens (primary N) is 1. The fraction of sp³-hybridized carbons (Fsp3) is 0.231. The number of pyridine rings is 1. The van der Waals surface area contributed by atoms with Crippen molar-refractivity contribution in [2.24, 2.45) is 0 Å².